The van der Waals surface area contributed by atoms with Crippen LogP contribution in [0.2, 0.25) is 5.02 Å². The lowest BCUT2D eigenvalue weighted by Crippen LogP contribution is -2.32. The second-order valence-electron chi connectivity index (χ2n) is 4.91. The number of furan rings is 1. The number of halogens is 1. The van der Waals surface area contributed by atoms with Gasteiger partial charge in [0, 0.05) is 40.4 Å². The van der Waals surface area contributed by atoms with Crippen molar-refractivity contribution < 1.29 is 4.42 Å². The summed E-state index contributed by atoms with van der Waals surface area (Å²) in [4.78, 5) is 7.08. The zero-order chi connectivity index (χ0) is 14.2. The first-order valence-corrected chi connectivity index (χ1v) is 9.18. The van der Waals surface area contributed by atoms with E-state index in [4.69, 9.17) is 21.0 Å². The number of anilines is 1. The summed E-state index contributed by atoms with van der Waals surface area (Å²) in [7, 11) is 0. The molecular weight excluding hydrogens is 324 g/mol. The van der Waals surface area contributed by atoms with Crippen molar-refractivity contribution in [1.29, 1.82) is 0 Å². The van der Waals surface area contributed by atoms with E-state index in [1.807, 2.05) is 36.0 Å². The van der Waals surface area contributed by atoms with Crippen LogP contribution in [0.5, 0.6) is 0 Å². The molecule has 108 valence electrons. The molecular formula is C15H13ClN2OS2. The molecule has 0 bridgehead atoms. The normalized spacial score (nSPS) is 15.8. The number of fused-ring (bicyclic) bond motifs is 1. The van der Waals surface area contributed by atoms with Crippen LogP contribution >= 0.6 is 34.7 Å². The van der Waals surface area contributed by atoms with E-state index in [-0.39, 0.29) is 0 Å². The molecule has 0 unspecified atom stereocenters. The number of thioether (sulfide) groups is 1. The Hall–Kier alpha value is -1.17. The molecule has 21 heavy (non-hydrogen) atoms. The summed E-state index contributed by atoms with van der Waals surface area (Å²) >= 11 is 9.70. The van der Waals surface area contributed by atoms with Crippen molar-refractivity contribution in [2.24, 2.45) is 0 Å². The minimum absolute atomic E-state index is 0.722. The van der Waals surface area contributed by atoms with Gasteiger partial charge < -0.3 is 9.32 Å². The van der Waals surface area contributed by atoms with Crippen molar-refractivity contribution in [3.63, 3.8) is 0 Å². The number of aromatic nitrogens is 1. The maximum atomic E-state index is 6.02. The van der Waals surface area contributed by atoms with Gasteiger partial charge in [0.25, 0.3) is 0 Å². The summed E-state index contributed by atoms with van der Waals surface area (Å²) in [6, 6.07) is 7.66. The molecule has 3 heterocycles. The number of benzene rings is 1. The molecule has 3 nitrogen and oxygen atoms in total. The third kappa shape index (κ3) is 2.65. The Balaban J connectivity index is 1.67. The van der Waals surface area contributed by atoms with Crippen LogP contribution in [0.4, 0.5) is 5.13 Å². The zero-order valence-electron chi connectivity index (χ0n) is 11.2. The molecule has 1 aliphatic heterocycles. The fraction of sp³-hybridized carbons (Fsp3) is 0.267. The molecule has 1 aromatic carbocycles. The summed E-state index contributed by atoms with van der Waals surface area (Å²) in [5.74, 6) is 3.16. The van der Waals surface area contributed by atoms with Gasteiger partial charge in [-0.05, 0) is 24.3 Å². The SMILES string of the molecule is Clc1ccc2oc(-c3csc(N4CCSCC4)n3)cc2c1. The van der Waals surface area contributed by atoms with Crippen LogP contribution in [-0.4, -0.2) is 29.6 Å². The summed E-state index contributed by atoms with van der Waals surface area (Å²) in [6.45, 7) is 2.15. The molecule has 0 spiro atoms. The van der Waals surface area contributed by atoms with Gasteiger partial charge >= 0.3 is 0 Å². The van der Waals surface area contributed by atoms with Gasteiger partial charge in [0.2, 0.25) is 0 Å². The fourth-order valence-corrected chi connectivity index (χ4v) is 4.37. The van der Waals surface area contributed by atoms with Gasteiger partial charge in [-0.15, -0.1) is 11.3 Å². The molecule has 1 aliphatic rings. The molecule has 2 aromatic heterocycles. The lowest BCUT2D eigenvalue weighted by atomic mass is 10.2. The van der Waals surface area contributed by atoms with Gasteiger partial charge in [-0.3, -0.25) is 0 Å². The van der Waals surface area contributed by atoms with Gasteiger partial charge in [0.05, 0.1) is 0 Å². The number of nitrogens with zero attached hydrogens (tertiary/aromatic N) is 2. The lowest BCUT2D eigenvalue weighted by Gasteiger charge is -2.25. The summed E-state index contributed by atoms with van der Waals surface area (Å²) < 4.78 is 5.87. The van der Waals surface area contributed by atoms with Crippen LogP contribution in [0.1, 0.15) is 0 Å². The van der Waals surface area contributed by atoms with Crippen LogP contribution in [0.15, 0.2) is 34.1 Å². The highest BCUT2D eigenvalue weighted by Crippen LogP contribution is 2.33. The Bertz CT molecular complexity index is 777. The average molecular weight is 337 g/mol. The minimum atomic E-state index is 0.722. The predicted molar refractivity (Wildman–Crippen MR) is 91.9 cm³/mol. The van der Waals surface area contributed by atoms with E-state index < -0.39 is 0 Å². The topological polar surface area (TPSA) is 29.3 Å². The Morgan fingerprint density at radius 3 is 2.90 bits per heavy atom. The van der Waals surface area contributed by atoms with Crippen molar-refractivity contribution in [2.75, 3.05) is 29.5 Å². The van der Waals surface area contributed by atoms with Crippen molar-refractivity contribution in [3.05, 3.63) is 34.7 Å². The van der Waals surface area contributed by atoms with E-state index in [2.05, 4.69) is 10.3 Å². The standard InChI is InChI=1S/C15H13ClN2OS2/c16-11-1-2-13-10(7-11)8-14(19-13)12-9-21-15(17-12)18-3-5-20-6-4-18/h1-2,7-9H,3-6H2. The highest BCUT2D eigenvalue weighted by molar-refractivity contribution is 7.99. The van der Waals surface area contributed by atoms with Crippen LogP contribution in [0, 0.1) is 0 Å². The Labute approximate surface area is 135 Å². The van der Waals surface area contributed by atoms with E-state index >= 15 is 0 Å². The summed E-state index contributed by atoms with van der Waals surface area (Å²) in [5.41, 5.74) is 1.75. The maximum Gasteiger partial charge on any atom is 0.186 e. The first-order chi connectivity index (χ1) is 10.3. The third-order valence-corrected chi connectivity index (χ3v) is 5.58. The monoisotopic (exact) mass is 336 g/mol. The van der Waals surface area contributed by atoms with Crippen molar-refractivity contribution in [2.45, 2.75) is 0 Å². The fourth-order valence-electron chi connectivity index (χ4n) is 2.42. The molecule has 0 aliphatic carbocycles. The second kappa shape index (κ2) is 5.55. The molecule has 0 saturated carbocycles. The van der Waals surface area contributed by atoms with Gasteiger partial charge in [0.15, 0.2) is 10.9 Å². The van der Waals surface area contributed by atoms with Gasteiger partial charge in [0.1, 0.15) is 11.3 Å². The van der Waals surface area contributed by atoms with E-state index in [9.17, 15) is 0 Å². The molecule has 0 amide bonds. The van der Waals surface area contributed by atoms with E-state index in [1.165, 1.54) is 11.5 Å². The second-order valence-corrected chi connectivity index (χ2v) is 7.41. The van der Waals surface area contributed by atoms with Gasteiger partial charge in [-0.25, -0.2) is 4.98 Å². The van der Waals surface area contributed by atoms with Crippen LogP contribution in [0.25, 0.3) is 22.4 Å². The quantitative estimate of drug-likeness (QED) is 0.674. The number of thiazole rings is 1. The van der Waals surface area contributed by atoms with Crippen LogP contribution in [0.3, 0.4) is 0 Å². The maximum absolute atomic E-state index is 6.02. The Morgan fingerprint density at radius 2 is 2.05 bits per heavy atom. The summed E-state index contributed by atoms with van der Waals surface area (Å²) in [6.07, 6.45) is 0. The van der Waals surface area contributed by atoms with E-state index in [0.29, 0.717) is 0 Å². The van der Waals surface area contributed by atoms with Crippen molar-refractivity contribution >= 4 is 50.8 Å². The summed E-state index contributed by atoms with van der Waals surface area (Å²) in [5, 5.41) is 4.89. The minimum Gasteiger partial charge on any atom is -0.454 e. The van der Waals surface area contributed by atoms with Crippen LogP contribution < -0.4 is 4.90 Å². The molecule has 1 saturated heterocycles. The Morgan fingerprint density at radius 1 is 1.19 bits per heavy atom. The lowest BCUT2D eigenvalue weighted by molar-refractivity contribution is 0.629. The first kappa shape index (κ1) is 13.5. The average Bonchev–Trinajstić information content (AvgIpc) is 3.14. The molecule has 4 rings (SSSR count). The largest absolute Gasteiger partial charge is 0.454 e. The highest BCUT2D eigenvalue weighted by atomic mass is 35.5. The molecule has 0 atom stereocenters. The number of rotatable bonds is 2. The third-order valence-electron chi connectivity index (χ3n) is 3.50. The number of hydrogen-bond donors (Lipinski definition) is 0. The Kier molecular flexibility index (Phi) is 3.57. The number of hydrogen-bond acceptors (Lipinski definition) is 5. The highest BCUT2D eigenvalue weighted by Gasteiger charge is 2.16. The predicted octanol–water partition coefficient (Wildman–Crippen LogP) is 4.76. The molecule has 0 radical (unpaired) electrons. The molecule has 6 heteroatoms. The smallest absolute Gasteiger partial charge is 0.186 e. The van der Waals surface area contributed by atoms with Gasteiger partial charge in [-0.2, -0.15) is 11.8 Å². The van der Waals surface area contributed by atoms with Crippen LogP contribution in [-0.2, 0) is 0 Å². The van der Waals surface area contributed by atoms with E-state index in [0.717, 1.165) is 45.7 Å². The molecule has 1 fully saturated rings. The molecule has 0 N–H and O–H groups in total. The first-order valence-electron chi connectivity index (χ1n) is 6.77. The zero-order valence-corrected chi connectivity index (χ0v) is 13.6. The van der Waals surface area contributed by atoms with Gasteiger partial charge in [-0.1, -0.05) is 11.6 Å². The molecule has 3 aromatic rings. The van der Waals surface area contributed by atoms with E-state index in [1.54, 1.807) is 11.3 Å². The van der Waals surface area contributed by atoms with Crippen molar-refractivity contribution in [3.8, 4) is 11.5 Å². The van der Waals surface area contributed by atoms with Crippen molar-refractivity contribution in [1.82, 2.24) is 4.98 Å².